The van der Waals surface area contributed by atoms with Gasteiger partial charge in [0.1, 0.15) is 0 Å². The molecule has 0 saturated carbocycles. The number of carboxylic acid groups (broad SMARTS) is 1. The topological polar surface area (TPSA) is 40.5 Å². The van der Waals surface area contributed by atoms with Gasteiger partial charge < -0.3 is 10.0 Å². The third-order valence-corrected chi connectivity index (χ3v) is 3.28. The van der Waals surface area contributed by atoms with Crippen LogP contribution in [-0.4, -0.2) is 48.1 Å². The van der Waals surface area contributed by atoms with Gasteiger partial charge in [-0.3, -0.25) is 0 Å². The smallest absolute Gasteiger partial charge is 0.335 e. The summed E-state index contributed by atoms with van der Waals surface area (Å²) in [7, 11) is 2.07. The van der Waals surface area contributed by atoms with Gasteiger partial charge in [-0.25, -0.2) is 4.79 Å². The van der Waals surface area contributed by atoms with Crippen molar-refractivity contribution in [2.24, 2.45) is 0 Å². The number of carbonyl (C=O) groups is 1. The van der Waals surface area contributed by atoms with Gasteiger partial charge in [0.25, 0.3) is 0 Å². The molecule has 0 bridgehead atoms. The minimum absolute atomic E-state index is 0.422. The van der Waals surface area contributed by atoms with E-state index in [0.29, 0.717) is 5.56 Å². The number of hydrogen-bond acceptors (Lipinski definition) is 3. The average Bonchev–Trinajstić information content (AvgIpc) is 2.34. The zero-order valence-electron chi connectivity index (χ0n) is 10.3. The first kappa shape index (κ1) is 14.1. The van der Waals surface area contributed by atoms with Crippen LogP contribution in [0.15, 0.2) is 24.3 Å². The molecule has 1 aromatic carbocycles. The van der Waals surface area contributed by atoms with Crippen LogP contribution in [0.2, 0.25) is 0 Å². The highest BCUT2D eigenvalue weighted by molar-refractivity contribution is 7.98. The van der Waals surface area contributed by atoms with Crippen molar-refractivity contribution in [3.63, 3.8) is 0 Å². The van der Waals surface area contributed by atoms with Crippen molar-refractivity contribution in [2.45, 2.75) is 6.42 Å². The van der Waals surface area contributed by atoms with E-state index in [2.05, 4.69) is 18.2 Å². The largest absolute Gasteiger partial charge is 0.478 e. The molecule has 0 atom stereocenters. The molecule has 0 unspecified atom stereocenters. The Kier molecular flexibility index (Phi) is 6.08. The molecule has 4 heteroatoms. The Labute approximate surface area is 107 Å². The third-order valence-electron chi connectivity index (χ3n) is 2.69. The average molecular weight is 253 g/mol. The number of carboxylic acids is 1. The Balaban J connectivity index is 2.54. The van der Waals surface area contributed by atoms with Crippen molar-refractivity contribution >= 4 is 17.7 Å². The minimum atomic E-state index is -0.840. The molecule has 17 heavy (non-hydrogen) atoms. The fourth-order valence-corrected chi connectivity index (χ4v) is 2.11. The molecule has 94 valence electrons. The Morgan fingerprint density at radius 2 is 2.06 bits per heavy atom. The van der Waals surface area contributed by atoms with E-state index in [1.165, 1.54) is 0 Å². The van der Waals surface area contributed by atoms with Crippen LogP contribution in [0.1, 0.15) is 15.9 Å². The molecule has 0 heterocycles. The summed E-state index contributed by atoms with van der Waals surface area (Å²) in [5.41, 5.74) is 1.33. The Hall–Kier alpha value is -1.00. The first-order valence-corrected chi connectivity index (χ1v) is 7.03. The second-order valence-electron chi connectivity index (χ2n) is 4.01. The maximum Gasteiger partial charge on any atom is 0.335 e. The SMILES string of the molecule is CSCCN(C)CCc1ccccc1C(=O)O. The van der Waals surface area contributed by atoms with E-state index < -0.39 is 5.97 Å². The lowest BCUT2D eigenvalue weighted by atomic mass is 10.0. The van der Waals surface area contributed by atoms with Crippen LogP contribution in [0, 0.1) is 0 Å². The molecule has 0 aromatic heterocycles. The number of aromatic carboxylic acids is 1. The molecule has 0 aliphatic rings. The van der Waals surface area contributed by atoms with E-state index >= 15 is 0 Å². The zero-order chi connectivity index (χ0) is 12.7. The van der Waals surface area contributed by atoms with Crippen molar-refractivity contribution in [1.29, 1.82) is 0 Å². The summed E-state index contributed by atoms with van der Waals surface area (Å²) < 4.78 is 0. The van der Waals surface area contributed by atoms with Crippen LogP contribution < -0.4 is 0 Å². The third kappa shape index (κ3) is 4.79. The van der Waals surface area contributed by atoms with Crippen molar-refractivity contribution in [3.05, 3.63) is 35.4 Å². The first-order chi connectivity index (χ1) is 8.15. The number of thioether (sulfide) groups is 1. The molecule has 0 aliphatic carbocycles. The van der Waals surface area contributed by atoms with Gasteiger partial charge in [-0.05, 0) is 31.4 Å². The molecule has 0 fully saturated rings. The number of benzene rings is 1. The van der Waals surface area contributed by atoms with Crippen LogP contribution >= 0.6 is 11.8 Å². The molecule has 1 aromatic rings. The Morgan fingerprint density at radius 3 is 2.71 bits per heavy atom. The summed E-state index contributed by atoms with van der Waals surface area (Å²) in [6.07, 6.45) is 2.88. The number of nitrogens with zero attached hydrogens (tertiary/aromatic N) is 1. The molecule has 0 saturated heterocycles. The highest BCUT2D eigenvalue weighted by Gasteiger charge is 2.09. The molecule has 0 aliphatic heterocycles. The summed E-state index contributed by atoms with van der Waals surface area (Å²) in [5, 5.41) is 9.06. The minimum Gasteiger partial charge on any atom is -0.478 e. The maximum atomic E-state index is 11.0. The number of rotatable bonds is 7. The molecule has 1 rings (SSSR count). The highest BCUT2D eigenvalue weighted by Crippen LogP contribution is 2.10. The normalized spacial score (nSPS) is 10.8. The lowest BCUT2D eigenvalue weighted by molar-refractivity contribution is 0.0695. The van der Waals surface area contributed by atoms with Gasteiger partial charge in [-0.2, -0.15) is 11.8 Å². The second-order valence-corrected chi connectivity index (χ2v) is 4.99. The van der Waals surface area contributed by atoms with Gasteiger partial charge in [-0.1, -0.05) is 18.2 Å². The summed E-state index contributed by atoms with van der Waals surface area (Å²) in [5.74, 6) is 0.268. The molecule has 0 spiro atoms. The highest BCUT2D eigenvalue weighted by atomic mass is 32.2. The van der Waals surface area contributed by atoms with Crippen molar-refractivity contribution in [1.82, 2.24) is 4.90 Å². The lowest BCUT2D eigenvalue weighted by Crippen LogP contribution is -2.24. The van der Waals surface area contributed by atoms with E-state index in [-0.39, 0.29) is 0 Å². The van der Waals surface area contributed by atoms with Crippen LogP contribution in [0.25, 0.3) is 0 Å². The van der Waals surface area contributed by atoms with E-state index in [1.54, 1.807) is 12.1 Å². The molecule has 0 amide bonds. The number of hydrogen-bond donors (Lipinski definition) is 1. The monoisotopic (exact) mass is 253 g/mol. The maximum absolute atomic E-state index is 11.0. The van der Waals surface area contributed by atoms with Crippen LogP contribution in [-0.2, 0) is 6.42 Å². The van der Waals surface area contributed by atoms with E-state index in [0.717, 1.165) is 30.8 Å². The quantitative estimate of drug-likeness (QED) is 0.809. The molecule has 3 nitrogen and oxygen atoms in total. The van der Waals surface area contributed by atoms with E-state index in [1.807, 2.05) is 23.9 Å². The predicted molar refractivity (Wildman–Crippen MR) is 73.0 cm³/mol. The van der Waals surface area contributed by atoms with Gasteiger partial charge in [-0.15, -0.1) is 0 Å². The van der Waals surface area contributed by atoms with Crippen molar-refractivity contribution < 1.29 is 9.90 Å². The summed E-state index contributed by atoms with van der Waals surface area (Å²) >= 11 is 1.82. The summed E-state index contributed by atoms with van der Waals surface area (Å²) in [6.45, 7) is 1.93. The Morgan fingerprint density at radius 1 is 1.35 bits per heavy atom. The van der Waals surface area contributed by atoms with Gasteiger partial charge >= 0.3 is 5.97 Å². The van der Waals surface area contributed by atoms with E-state index in [9.17, 15) is 4.79 Å². The predicted octanol–water partition coefficient (Wildman–Crippen LogP) is 2.22. The zero-order valence-corrected chi connectivity index (χ0v) is 11.2. The van der Waals surface area contributed by atoms with Crippen LogP contribution in [0.4, 0.5) is 0 Å². The van der Waals surface area contributed by atoms with Gasteiger partial charge in [0.05, 0.1) is 5.56 Å². The standard InChI is InChI=1S/C13H19NO2S/c1-14(9-10-17-2)8-7-11-5-3-4-6-12(11)13(15)16/h3-6H,7-10H2,1-2H3,(H,15,16). The Bertz CT molecular complexity index is 368. The van der Waals surface area contributed by atoms with Crippen molar-refractivity contribution in [2.75, 3.05) is 32.1 Å². The summed E-state index contributed by atoms with van der Waals surface area (Å²) in [6, 6.07) is 7.22. The molecule has 0 radical (unpaired) electrons. The number of likely N-dealkylation sites (N-methyl/N-ethyl adjacent to an activating group) is 1. The van der Waals surface area contributed by atoms with E-state index in [4.69, 9.17) is 5.11 Å². The first-order valence-electron chi connectivity index (χ1n) is 5.64. The second kappa shape index (κ2) is 7.35. The molecular weight excluding hydrogens is 234 g/mol. The molecular formula is C13H19NO2S. The van der Waals surface area contributed by atoms with Gasteiger partial charge in [0, 0.05) is 18.8 Å². The fourth-order valence-electron chi connectivity index (χ4n) is 1.62. The fraction of sp³-hybridized carbons (Fsp3) is 0.462. The van der Waals surface area contributed by atoms with Crippen LogP contribution in [0.3, 0.4) is 0 Å². The van der Waals surface area contributed by atoms with Gasteiger partial charge in [0.15, 0.2) is 0 Å². The molecule has 1 N–H and O–H groups in total. The lowest BCUT2D eigenvalue weighted by Gasteiger charge is -2.16. The summed E-state index contributed by atoms with van der Waals surface area (Å²) in [4.78, 5) is 13.3. The van der Waals surface area contributed by atoms with Gasteiger partial charge in [0.2, 0.25) is 0 Å². The van der Waals surface area contributed by atoms with Crippen molar-refractivity contribution in [3.8, 4) is 0 Å². The van der Waals surface area contributed by atoms with Crippen LogP contribution in [0.5, 0.6) is 0 Å².